The van der Waals surface area contributed by atoms with Gasteiger partial charge in [0.25, 0.3) is 0 Å². The van der Waals surface area contributed by atoms with Crippen LogP contribution in [0.2, 0.25) is 0 Å². The molecular formula is C16H24. The van der Waals surface area contributed by atoms with E-state index in [0.29, 0.717) is 0 Å². The fourth-order valence-electron chi connectivity index (χ4n) is 1.81. The predicted octanol–water partition coefficient (Wildman–Crippen LogP) is 5.37. The molecule has 0 aromatic heterocycles. The molecule has 0 heterocycles. The maximum atomic E-state index is 3.89. The molecule has 0 aromatic rings. The van der Waals surface area contributed by atoms with Crippen molar-refractivity contribution in [3.05, 3.63) is 60.3 Å². The van der Waals surface area contributed by atoms with Crippen LogP contribution in [-0.4, -0.2) is 0 Å². The van der Waals surface area contributed by atoms with Crippen molar-refractivity contribution in [3.63, 3.8) is 0 Å². The number of hydrogen-bond acceptors (Lipinski definition) is 0. The van der Waals surface area contributed by atoms with E-state index in [1.807, 2.05) is 18.2 Å². The topological polar surface area (TPSA) is 0 Å². The van der Waals surface area contributed by atoms with Gasteiger partial charge < -0.3 is 0 Å². The molecule has 0 heteroatoms. The number of hydrogen-bond donors (Lipinski definition) is 0. The normalized spacial score (nSPS) is 13.8. The lowest BCUT2D eigenvalue weighted by atomic mass is 9.95. The summed E-state index contributed by atoms with van der Waals surface area (Å²) >= 11 is 0. The first-order chi connectivity index (χ1) is 7.71. The Balaban J connectivity index is 5.10. The summed E-state index contributed by atoms with van der Waals surface area (Å²) < 4.78 is 0. The lowest BCUT2D eigenvalue weighted by Gasteiger charge is -2.10. The molecule has 0 aliphatic heterocycles. The van der Waals surface area contributed by atoms with E-state index >= 15 is 0 Å². The first-order valence-corrected chi connectivity index (χ1v) is 6.02. The number of allylic oxidation sites excluding steroid dienone is 8. The summed E-state index contributed by atoms with van der Waals surface area (Å²) in [5.41, 5.74) is 4.13. The first kappa shape index (κ1) is 14.7. The monoisotopic (exact) mass is 216 g/mol. The summed E-state index contributed by atoms with van der Waals surface area (Å²) in [4.78, 5) is 0. The van der Waals surface area contributed by atoms with Crippen LogP contribution in [0.25, 0.3) is 0 Å². The van der Waals surface area contributed by atoms with Gasteiger partial charge in [-0.2, -0.15) is 0 Å². The summed E-state index contributed by atoms with van der Waals surface area (Å²) in [5.74, 6) is 0. The van der Waals surface area contributed by atoms with Crippen LogP contribution in [0.5, 0.6) is 0 Å². The zero-order chi connectivity index (χ0) is 12.4. The van der Waals surface area contributed by atoms with Gasteiger partial charge in [-0.05, 0) is 30.9 Å². The van der Waals surface area contributed by atoms with Crippen LogP contribution in [0.15, 0.2) is 60.3 Å². The van der Waals surface area contributed by atoms with Crippen LogP contribution in [0.4, 0.5) is 0 Å². The highest BCUT2D eigenvalue weighted by molar-refractivity contribution is 5.43. The van der Waals surface area contributed by atoms with Crippen molar-refractivity contribution in [2.75, 3.05) is 0 Å². The van der Waals surface area contributed by atoms with Gasteiger partial charge in [0, 0.05) is 0 Å². The standard InChI is InChI=1S/C16H24/c1-6-10-11-13-15(8-3)16(9-4)14(5)12-7-2/h6,8,10-11,13H,1,3,7,9,12H2,2,4-5H3/b11-10-,15-13+,16-14+. The molecule has 0 unspecified atom stereocenters. The van der Waals surface area contributed by atoms with Gasteiger partial charge in [-0.25, -0.2) is 0 Å². The second kappa shape index (κ2) is 8.96. The summed E-state index contributed by atoms with van der Waals surface area (Å²) in [6.07, 6.45) is 13.2. The molecule has 0 amide bonds. The summed E-state index contributed by atoms with van der Waals surface area (Å²) in [5, 5.41) is 0. The molecule has 0 nitrogen and oxygen atoms in total. The molecule has 0 radical (unpaired) electrons. The Kier molecular flexibility index (Phi) is 8.24. The van der Waals surface area contributed by atoms with E-state index in [2.05, 4.69) is 40.0 Å². The van der Waals surface area contributed by atoms with E-state index in [9.17, 15) is 0 Å². The van der Waals surface area contributed by atoms with Crippen molar-refractivity contribution in [2.24, 2.45) is 0 Å². The van der Waals surface area contributed by atoms with E-state index < -0.39 is 0 Å². The maximum absolute atomic E-state index is 3.89. The molecule has 88 valence electrons. The van der Waals surface area contributed by atoms with Crippen molar-refractivity contribution in [1.29, 1.82) is 0 Å². The first-order valence-electron chi connectivity index (χ1n) is 6.02. The fraction of sp³-hybridized carbons (Fsp3) is 0.375. The average Bonchev–Trinajstić information content (AvgIpc) is 2.28. The van der Waals surface area contributed by atoms with E-state index in [0.717, 1.165) is 6.42 Å². The van der Waals surface area contributed by atoms with Crippen LogP contribution >= 0.6 is 0 Å². The summed E-state index contributed by atoms with van der Waals surface area (Å²) in [6, 6.07) is 0. The van der Waals surface area contributed by atoms with Gasteiger partial charge in [0.2, 0.25) is 0 Å². The van der Waals surface area contributed by atoms with Crippen LogP contribution in [0.1, 0.15) is 40.0 Å². The van der Waals surface area contributed by atoms with Gasteiger partial charge in [0.05, 0.1) is 0 Å². The second-order valence-electron chi connectivity index (χ2n) is 3.81. The van der Waals surface area contributed by atoms with Crippen molar-refractivity contribution in [3.8, 4) is 0 Å². The van der Waals surface area contributed by atoms with Gasteiger partial charge in [-0.15, -0.1) is 0 Å². The van der Waals surface area contributed by atoms with Gasteiger partial charge in [-0.1, -0.05) is 69.4 Å². The molecule has 0 N–H and O–H groups in total. The number of rotatable bonds is 7. The van der Waals surface area contributed by atoms with Crippen molar-refractivity contribution in [2.45, 2.75) is 40.0 Å². The Bertz CT molecular complexity index is 311. The highest BCUT2D eigenvalue weighted by Crippen LogP contribution is 2.22. The minimum atomic E-state index is 1.06. The lowest BCUT2D eigenvalue weighted by Crippen LogP contribution is -1.91. The highest BCUT2D eigenvalue weighted by atomic mass is 14.1. The van der Waals surface area contributed by atoms with Gasteiger partial charge in [0.1, 0.15) is 0 Å². The molecule has 16 heavy (non-hydrogen) atoms. The Morgan fingerprint density at radius 1 is 1.12 bits per heavy atom. The highest BCUT2D eigenvalue weighted by Gasteiger charge is 2.02. The molecule has 0 spiro atoms. The average molecular weight is 216 g/mol. The van der Waals surface area contributed by atoms with Gasteiger partial charge >= 0.3 is 0 Å². The minimum absolute atomic E-state index is 1.06. The largest absolute Gasteiger partial charge is 0.0991 e. The third-order valence-corrected chi connectivity index (χ3v) is 2.59. The third-order valence-electron chi connectivity index (χ3n) is 2.59. The Morgan fingerprint density at radius 3 is 2.25 bits per heavy atom. The quantitative estimate of drug-likeness (QED) is 0.502. The van der Waals surface area contributed by atoms with E-state index in [-0.39, 0.29) is 0 Å². The van der Waals surface area contributed by atoms with E-state index in [4.69, 9.17) is 0 Å². The van der Waals surface area contributed by atoms with Crippen molar-refractivity contribution in [1.82, 2.24) is 0 Å². The lowest BCUT2D eigenvalue weighted by molar-refractivity contribution is 0.880. The molecule has 0 aliphatic carbocycles. The molecule has 0 saturated heterocycles. The molecule has 0 aromatic carbocycles. The third kappa shape index (κ3) is 4.97. The van der Waals surface area contributed by atoms with E-state index in [1.165, 1.54) is 29.6 Å². The Labute approximate surface area is 101 Å². The maximum Gasteiger partial charge on any atom is -0.0231 e. The summed E-state index contributed by atoms with van der Waals surface area (Å²) in [6.45, 7) is 14.2. The zero-order valence-electron chi connectivity index (χ0n) is 10.9. The Morgan fingerprint density at radius 2 is 1.81 bits per heavy atom. The molecule has 0 fully saturated rings. The molecule has 0 aliphatic rings. The van der Waals surface area contributed by atoms with Crippen molar-refractivity contribution >= 4 is 0 Å². The van der Waals surface area contributed by atoms with Crippen LogP contribution in [0, 0.1) is 0 Å². The van der Waals surface area contributed by atoms with Crippen LogP contribution in [0.3, 0.4) is 0 Å². The zero-order valence-corrected chi connectivity index (χ0v) is 10.9. The molecular weight excluding hydrogens is 192 g/mol. The molecule has 0 rings (SSSR count). The SMILES string of the molecule is C=C\C=C/C=C(C=C)/C(CC)=C(\C)CCC. The van der Waals surface area contributed by atoms with Gasteiger partial charge in [-0.3, -0.25) is 0 Å². The summed E-state index contributed by atoms with van der Waals surface area (Å²) in [7, 11) is 0. The van der Waals surface area contributed by atoms with E-state index in [1.54, 1.807) is 6.08 Å². The van der Waals surface area contributed by atoms with Crippen LogP contribution in [-0.2, 0) is 0 Å². The smallest absolute Gasteiger partial charge is 0.0231 e. The minimum Gasteiger partial charge on any atom is -0.0991 e. The van der Waals surface area contributed by atoms with Crippen LogP contribution < -0.4 is 0 Å². The van der Waals surface area contributed by atoms with Crippen molar-refractivity contribution < 1.29 is 0 Å². The predicted molar refractivity (Wildman–Crippen MR) is 75.5 cm³/mol. The molecule has 0 atom stereocenters. The molecule has 0 bridgehead atoms. The molecule has 0 saturated carbocycles. The fourth-order valence-corrected chi connectivity index (χ4v) is 1.81. The van der Waals surface area contributed by atoms with Gasteiger partial charge in [0.15, 0.2) is 0 Å². The second-order valence-corrected chi connectivity index (χ2v) is 3.81. The Hall–Kier alpha value is -1.30.